The minimum atomic E-state index is -0.429. The molecule has 2 fully saturated rings. The molecule has 2 aliphatic rings. The van der Waals surface area contributed by atoms with E-state index in [1.54, 1.807) is 0 Å². The van der Waals surface area contributed by atoms with Gasteiger partial charge in [0.1, 0.15) is 0 Å². The second-order valence-electron chi connectivity index (χ2n) is 6.59. The lowest BCUT2D eigenvalue weighted by Gasteiger charge is -2.37. The van der Waals surface area contributed by atoms with Crippen molar-refractivity contribution in [2.75, 3.05) is 0 Å². The summed E-state index contributed by atoms with van der Waals surface area (Å²) in [4.78, 5) is 0. The zero-order valence-corrected chi connectivity index (χ0v) is 11.2. The summed E-state index contributed by atoms with van der Waals surface area (Å²) in [7, 11) is 0. The maximum atomic E-state index is 10.6. The number of aliphatic hydroxyl groups excluding tert-OH is 1. The highest BCUT2D eigenvalue weighted by Crippen LogP contribution is 2.48. The van der Waals surface area contributed by atoms with Gasteiger partial charge in [0.25, 0.3) is 0 Å². The van der Waals surface area contributed by atoms with Crippen LogP contribution in [-0.4, -0.2) is 11.2 Å². The van der Waals surface area contributed by atoms with Crippen LogP contribution in [-0.2, 0) is 0 Å². The second-order valence-corrected chi connectivity index (χ2v) is 6.59. The van der Waals surface area contributed by atoms with Crippen molar-refractivity contribution in [3.05, 3.63) is 0 Å². The zero-order valence-electron chi connectivity index (χ0n) is 11.2. The lowest BCUT2D eigenvalue weighted by Crippen LogP contribution is -2.39. The van der Waals surface area contributed by atoms with Crippen molar-refractivity contribution >= 4 is 0 Å². The molecule has 2 heteroatoms. The van der Waals surface area contributed by atoms with Crippen LogP contribution in [0.2, 0.25) is 0 Å². The molecule has 0 spiro atoms. The highest BCUT2D eigenvalue weighted by Gasteiger charge is 2.47. The molecular weight excluding hydrogens is 210 g/mol. The van der Waals surface area contributed by atoms with E-state index in [9.17, 15) is 10.4 Å². The van der Waals surface area contributed by atoms with Gasteiger partial charge >= 0.3 is 0 Å². The van der Waals surface area contributed by atoms with Crippen LogP contribution in [0.15, 0.2) is 0 Å². The quantitative estimate of drug-likeness (QED) is 0.796. The molecule has 2 aliphatic carbocycles. The molecule has 5 unspecified atom stereocenters. The molecule has 2 saturated carbocycles. The molecular formula is C15H25NO. The van der Waals surface area contributed by atoms with Crippen LogP contribution in [0, 0.1) is 34.5 Å². The molecule has 0 aromatic rings. The summed E-state index contributed by atoms with van der Waals surface area (Å²) in [6, 6.07) is 2.47. The molecule has 17 heavy (non-hydrogen) atoms. The molecule has 0 saturated heterocycles. The van der Waals surface area contributed by atoms with Crippen molar-refractivity contribution in [1.82, 2.24) is 0 Å². The average molecular weight is 235 g/mol. The summed E-state index contributed by atoms with van der Waals surface area (Å²) in [6.07, 6.45) is 7.25. The summed E-state index contributed by atoms with van der Waals surface area (Å²) in [6.45, 7) is 4.48. The van der Waals surface area contributed by atoms with Gasteiger partial charge in [0.2, 0.25) is 0 Å². The van der Waals surface area contributed by atoms with Crippen LogP contribution in [0.3, 0.4) is 0 Å². The van der Waals surface area contributed by atoms with Crippen molar-refractivity contribution in [3.63, 3.8) is 0 Å². The molecule has 2 nitrogen and oxygen atoms in total. The molecule has 1 N–H and O–H groups in total. The summed E-state index contributed by atoms with van der Waals surface area (Å²) < 4.78 is 0. The maximum absolute atomic E-state index is 10.6. The lowest BCUT2D eigenvalue weighted by atomic mass is 9.69. The van der Waals surface area contributed by atoms with Gasteiger partial charge in [-0.1, -0.05) is 26.7 Å². The third kappa shape index (κ3) is 2.50. The fourth-order valence-electron chi connectivity index (χ4n) is 3.99. The molecule has 0 aromatic carbocycles. The van der Waals surface area contributed by atoms with Crippen molar-refractivity contribution in [2.45, 2.75) is 64.9 Å². The number of nitrogens with zero attached hydrogens (tertiary/aromatic N) is 1. The largest absolute Gasteiger partial charge is 0.391 e. The Morgan fingerprint density at radius 2 is 2.00 bits per heavy atom. The van der Waals surface area contributed by atoms with Gasteiger partial charge in [0, 0.05) is 0 Å². The monoisotopic (exact) mass is 235 g/mol. The highest BCUT2D eigenvalue weighted by atomic mass is 16.3. The van der Waals surface area contributed by atoms with Gasteiger partial charge in [0.15, 0.2) is 0 Å². The molecule has 0 aliphatic heterocycles. The van der Waals surface area contributed by atoms with Gasteiger partial charge in [-0.15, -0.1) is 0 Å². The van der Waals surface area contributed by atoms with E-state index in [-0.39, 0.29) is 6.10 Å². The first-order chi connectivity index (χ1) is 8.07. The van der Waals surface area contributed by atoms with E-state index in [1.807, 2.05) is 0 Å². The Hall–Kier alpha value is -0.550. The Morgan fingerprint density at radius 1 is 1.24 bits per heavy atom. The van der Waals surface area contributed by atoms with E-state index in [0.717, 1.165) is 38.0 Å². The predicted molar refractivity (Wildman–Crippen MR) is 68.2 cm³/mol. The molecule has 0 heterocycles. The first kappa shape index (κ1) is 12.9. The number of hydrogen-bond acceptors (Lipinski definition) is 2. The Bertz CT molecular complexity index is 309. The highest BCUT2D eigenvalue weighted by molar-refractivity contribution is 5.09. The molecule has 2 rings (SSSR count). The van der Waals surface area contributed by atoms with E-state index in [0.29, 0.717) is 11.8 Å². The predicted octanol–water partition coefficient (Wildman–Crippen LogP) is 3.50. The lowest BCUT2D eigenvalue weighted by molar-refractivity contribution is -0.00697. The smallest absolute Gasteiger partial charge is 0.0837 e. The van der Waals surface area contributed by atoms with Crippen molar-refractivity contribution in [2.24, 2.45) is 23.2 Å². The van der Waals surface area contributed by atoms with Crippen LogP contribution in [0.4, 0.5) is 0 Å². The van der Waals surface area contributed by atoms with Gasteiger partial charge in [-0.05, 0) is 49.9 Å². The number of aliphatic hydroxyl groups is 1. The third-order valence-corrected chi connectivity index (χ3v) is 5.01. The molecule has 0 bridgehead atoms. The topological polar surface area (TPSA) is 44.0 Å². The first-order valence-corrected chi connectivity index (χ1v) is 7.17. The van der Waals surface area contributed by atoms with Gasteiger partial charge in [-0.3, -0.25) is 0 Å². The minimum Gasteiger partial charge on any atom is -0.391 e. The second kappa shape index (κ2) is 4.98. The Labute approximate surface area is 105 Å². The fourth-order valence-corrected chi connectivity index (χ4v) is 3.99. The zero-order chi connectivity index (χ0) is 12.5. The SMILES string of the molecule is CC1CCCC(C(O)C2(C#N)CCC(C)C2)C1. The van der Waals surface area contributed by atoms with Gasteiger partial charge in [0.05, 0.1) is 17.6 Å². The van der Waals surface area contributed by atoms with Crippen LogP contribution in [0.1, 0.15) is 58.8 Å². The minimum absolute atomic E-state index is 0.365. The molecule has 5 atom stereocenters. The first-order valence-electron chi connectivity index (χ1n) is 7.17. The van der Waals surface area contributed by atoms with E-state index < -0.39 is 5.41 Å². The van der Waals surface area contributed by atoms with Crippen LogP contribution >= 0.6 is 0 Å². The van der Waals surface area contributed by atoms with Crippen molar-refractivity contribution < 1.29 is 5.11 Å². The van der Waals surface area contributed by atoms with E-state index >= 15 is 0 Å². The molecule has 0 radical (unpaired) electrons. The van der Waals surface area contributed by atoms with Crippen molar-refractivity contribution in [1.29, 1.82) is 5.26 Å². The van der Waals surface area contributed by atoms with Gasteiger partial charge in [-0.2, -0.15) is 5.26 Å². The number of nitriles is 1. The number of hydrogen-bond donors (Lipinski definition) is 1. The van der Waals surface area contributed by atoms with E-state index in [2.05, 4.69) is 19.9 Å². The Kier molecular flexibility index (Phi) is 3.78. The summed E-state index contributed by atoms with van der Waals surface area (Å²) in [5, 5.41) is 20.1. The number of rotatable bonds is 2. The fraction of sp³-hybridized carbons (Fsp3) is 0.933. The van der Waals surface area contributed by atoms with E-state index in [4.69, 9.17) is 0 Å². The standard InChI is InChI=1S/C15H25NO/c1-11-4-3-5-13(8-11)14(17)15(10-16)7-6-12(2)9-15/h11-14,17H,3-9H2,1-2H3. The maximum Gasteiger partial charge on any atom is 0.0837 e. The molecule has 0 amide bonds. The van der Waals surface area contributed by atoms with Crippen LogP contribution < -0.4 is 0 Å². The summed E-state index contributed by atoms with van der Waals surface area (Å²) in [5.41, 5.74) is -0.429. The average Bonchev–Trinajstić information content (AvgIpc) is 2.71. The Balaban J connectivity index is 2.07. The van der Waals surface area contributed by atoms with Gasteiger partial charge < -0.3 is 5.11 Å². The molecule has 0 aromatic heterocycles. The summed E-state index contributed by atoms with van der Waals surface area (Å²) >= 11 is 0. The Morgan fingerprint density at radius 3 is 2.53 bits per heavy atom. The molecule has 96 valence electrons. The van der Waals surface area contributed by atoms with Crippen LogP contribution in [0.5, 0.6) is 0 Å². The third-order valence-electron chi connectivity index (χ3n) is 5.01. The van der Waals surface area contributed by atoms with E-state index in [1.165, 1.54) is 12.8 Å². The summed E-state index contributed by atoms with van der Waals surface area (Å²) in [5.74, 6) is 1.69. The van der Waals surface area contributed by atoms with Crippen LogP contribution in [0.25, 0.3) is 0 Å². The van der Waals surface area contributed by atoms with Gasteiger partial charge in [-0.25, -0.2) is 0 Å². The normalized spacial score (nSPS) is 44.2. The van der Waals surface area contributed by atoms with Crippen molar-refractivity contribution in [3.8, 4) is 6.07 Å².